The molecule has 0 aromatic heterocycles. The fraction of sp³-hybridized carbons (Fsp3) is 0.364. The SMILES string of the molecule is O=C(O)CC(O)CCSc1ccc(F)cc1. The highest BCUT2D eigenvalue weighted by Crippen LogP contribution is 2.19. The van der Waals surface area contributed by atoms with Gasteiger partial charge in [-0.2, -0.15) is 0 Å². The highest BCUT2D eigenvalue weighted by atomic mass is 32.2. The summed E-state index contributed by atoms with van der Waals surface area (Å²) < 4.78 is 12.6. The predicted octanol–water partition coefficient (Wildman–Crippen LogP) is 2.14. The van der Waals surface area contributed by atoms with Gasteiger partial charge in [0.25, 0.3) is 0 Å². The van der Waals surface area contributed by atoms with Gasteiger partial charge in [-0.15, -0.1) is 11.8 Å². The van der Waals surface area contributed by atoms with Gasteiger partial charge in [0, 0.05) is 10.6 Å². The van der Waals surface area contributed by atoms with Crippen molar-refractivity contribution in [1.29, 1.82) is 0 Å². The van der Waals surface area contributed by atoms with E-state index in [1.54, 1.807) is 12.1 Å². The summed E-state index contributed by atoms with van der Waals surface area (Å²) >= 11 is 1.46. The number of carboxylic acid groups (broad SMARTS) is 1. The molecule has 0 aliphatic rings. The van der Waals surface area contributed by atoms with Crippen LogP contribution in [-0.4, -0.2) is 28.0 Å². The molecule has 0 fully saturated rings. The molecule has 1 aromatic rings. The number of rotatable bonds is 6. The maximum Gasteiger partial charge on any atom is 0.305 e. The summed E-state index contributed by atoms with van der Waals surface area (Å²) in [5, 5.41) is 17.7. The van der Waals surface area contributed by atoms with E-state index in [-0.39, 0.29) is 12.2 Å². The lowest BCUT2D eigenvalue weighted by Crippen LogP contribution is -2.13. The molecule has 16 heavy (non-hydrogen) atoms. The summed E-state index contributed by atoms with van der Waals surface area (Å²) in [5.41, 5.74) is 0. The molecule has 5 heteroatoms. The van der Waals surface area contributed by atoms with Crippen LogP contribution in [0, 0.1) is 5.82 Å². The highest BCUT2D eigenvalue weighted by Gasteiger charge is 2.08. The van der Waals surface area contributed by atoms with Crippen LogP contribution in [0.4, 0.5) is 4.39 Å². The molecular formula is C11H13FO3S. The number of halogens is 1. The molecule has 2 N–H and O–H groups in total. The van der Waals surface area contributed by atoms with Crippen molar-refractivity contribution >= 4 is 17.7 Å². The second-order valence-corrected chi connectivity index (χ2v) is 4.51. The lowest BCUT2D eigenvalue weighted by molar-refractivity contribution is -0.139. The molecule has 1 rings (SSSR count). The molecule has 3 nitrogen and oxygen atoms in total. The average molecular weight is 244 g/mol. The van der Waals surface area contributed by atoms with E-state index in [2.05, 4.69) is 0 Å². The fourth-order valence-corrected chi connectivity index (χ4v) is 2.10. The summed E-state index contributed by atoms with van der Waals surface area (Å²) in [6.45, 7) is 0. The Bertz CT molecular complexity index is 340. The number of aliphatic hydroxyl groups is 1. The third kappa shape index (κ3) is 5.14. The molecule has 0 aliphatic carbocycles. The van der Waals surface area contributed by atoms with Gasteiger partial charge in [0.2, 0.25) is 0 Å². The van der Waals surface area contributed by atoms with E-state index in [0.29, 0.717) is 12.2 Å². The summed E-state index contributed by atoms with van der Waals surface area (Å²) in [4.78, 5) is 11.2. The highest BCUT2D eigenvalue weighted by molar-refractivity contribution is 7.99. The Balaban J connectivity index is 2.25. The van der Waals surface area contributed by atoms with Crippen molar-refractivity contribution in [1.82, 2.24) is 0 Å². The first-order valence-corrected chi connectivity index (χ1v) is 5.84. The molecule has 1 unspecified atom stereocenters. The van der Waals surface area contributed by atoms with Crippen molar-refractivity contribution in [2.24, 2.45) is 0 Å². The quantitative estimate of drug-likeness (QED) is 0.753. The lowest BCUT2D eigenvalue weighted by Gasteiger charge is -2.07. The summed E-state index contributed by atoms with van der Waals surface area (Å²) in [6, 6.07) is 6.05. The van der Waals surface area contributed by atoms with E-state index in [1.165, 1.54) is 23.9 Å². The Morgan fingerprint density at radius 3 is 2.56 bits per heavy atom. The van der Waals surface area contributed by atoms with Gasteiger partial charge in [-0.25, -0.2) is 4.39 Å². The average Bonchev–Trinajstić information content (AvgIpc) is 2.20. The number of carboxylic acids is 1. The first kappa shape index (κ1) is 13.0. The Hall–Kier alpha value is -1.07. The third-order valence-electron chi connectivity index (χ3n) is 1.94. The second-order valence-electron chi connectivity index (χ2n) is 3.34. The molecule has 0 aliphatic heterocycles. The van der Waals surface area contributed by atoms with E-state index >= 15 is 0 Å². The van der Waals surface area contributed by atoms with Crippen molar-refractivity contribution in [3.05, 3.63) is 30.1 Å². The lowest BCUT2D eigenvalue weighted by atomic mass is 10.2. The smallest absolute Gasteiger partial charge is 0.305 e. The molecule has 0 saturated carbocycles. The normalized spacial score (nSPS) is 12.4. The van der Waals surface area contributed by atoms with Gasteiger partial charge in [0.1, 0.15) is 5.82 Å². The zero-order chi connectivity index (χ0) is 12.0. The fourth-order valence-electron chi connectivity index (χ4n) is 1.15. The van der Waals surface area contributed by atoms with Gasteiger partial charge in [-0.05, 0) is 30.7 Å². The topological polar surface area (TPSA) is 57.5 Å². The first-order valence-electron chi connectivity index (χ1n) is 4.86. The molecule has 1 atom stereocenters. The van der Waals surface area contributed by atoms with Gasteiger partial charge in [-0.1, -0.05) is 0 Å². The van der Waals surface area contributed by atoms with Gasteiger partial charge >= 0.3 is 5.97 Å². The Morgan fingerprint density at radius 2 is 2.00 bits per heavy atom. The second kappa shape index (κ2) is 6.50. The minimum absolute atomic E-state index is 0.232. The van der Waals surface area contributed by atoms with Crippen LogP contribution in [0.5, 0.6) is 0 Å². The van der Waals surface area contributed by atoms with Crippen LogP contribution in [0.15, 0.2) is 29.2 Å². The van der Waals surface area contributed by atoms with Gasteiger partial charge < -0.3 is 10.2 Å². The minimum atomic E-state index is -1.00. The molecule has 88 valence electrons. The number of hydrogen-bond acceptors (Lipinski definition) is 3. The molecule has 0 saturated heterocycles. The third-order valence-corrected chi connectivity index (χ3v) is 2.99. The van der Waals surface area contributed by atoms with Crippen LogP contribution < -0.4 is 0 Å². The Kier molecular flexibility index (Phi) is 5.28. The first-order chi connectivity index (χ1) is 7.58. The van der Waals surface area contributed by atoms with Crippen LogP contribution in [0.25, 0.3) is 0 Å². The summed E-state index contributed by atoms with van der Waals surface area (Å²) in [5.74, 6) is -0.672. The molecule has 1 aromatic carbocycles. The van der Waals surface area contributed by atoms with Crippen LogP contribution in [-0.2, 0) is 4.79 Å². The van der Waals surface area contributed by atoms with Crippen LogP contribution in [0.3, 0.4) is 0 Å². The van der Waals surface area contributed by atoms with E-state index in [0.717, 1.165) is 4.90 Å². The number of hydrogen-bond donors (Lipinski definition) is 2. The number of thioether (sulfide) groups is 1. The van der Waals surface area contributed by atoms with E-state index in [4.69, 9.17) is 5.11 Å². The number of aliphatic carboxylic acids is 1. The van der Waals surface area contributed by atoms with Gasteiger partial charge in [-0.3, -0.25) is 4.79 Å². The Labute approximate surface area is 97.3 Å². The van der Waals surface area contributed by atoms with Crippen LogP contribution in [0.2, 0.25) is 0 Å². The predicted molar refractivity (Wildman–Crippen MR) is 60.0 cm³/mol. The van der Waals surface area contributed by atoms with Crippen molar-refractivity contribution in [2.75, 3.05) is 5.75 Å². The zero-order valence-electron chi connectivity index (χ0n) is 8.60. The monoisotopic (exact) mass is 244 g/mol. The molecule has 0 radical (unpaired) electrons. The van der Waals surface area contributed by atoms with E-state index < -0.39 is 12.1 Å². The van der Waals surface area contributed by atoms with Crippen molar-refractivity contribution in [2.45, 2.75) is 23.8 Å². The molecular weight excluding hydrogens is 231 g/mol. The molecule has 0 heterocycles. The summed E-state index contributed by atoms with van der Waals surface area (Å²) in [7, 11) is 0. The van der Waals surface area contributed by atoms with Crippen molar-refractivity contribution in [3.8, 4) is 0 Å². The van der Waals surface area contributed by atoms with E-state index in [9.17, 15) is 14.3 Å². The van der Waals surface area contributed by atoms with Crippen LogP contribution >= 0.6 is 11.8 Å². The molecule has 0 spiro atoms. The summed E-state index contributed by atoms with van der Waals surface area (Å²) in [6.07, 6.45) is -0.636. The standard InChI is InChI=1S/C11H13FO3S/c12-8-1-3-10(4-2-8)16-6-5-9(13)7-11(14)15/h1-4,9,13H,5-7H2,(H,14,15). The molecule has 0 amide bonds. The van der Waals surface area contributed by atoms with Gasteiger partial charge in [0.05, 0.1) is 12.5 Å². The Morgan fingerprint density at radius 1 is 1.38 bits per heavy atom. The van der Waals surface area contributed by atoms with Crippen molar-refractivity contribution in [3.63, 3.8) is 0 Å². The number of aliphatic hydroxyl groups excluding tert-OH is 1. The van der Waals surface area contributed by atoms with E-state index in [1.807, 2.05) is 0 Å². The number of benzene rings is 1. The zero-order valence-corrected chi connectivity index (χ0v) is 9.41. The largest absolute Gasteiger partial charge is 0.481 e. The van der Waals surface area contributed by atoms with Gasteiger partial charge in [0.15, 0.2) is 0 Å². The van der Waals surface area contributed by atoms with Crippen molar-refractivity contribution < 1.29 is 19.4 Å². The molecule has 0 bridgehead atoms. The van der Waals surface area contributed by atoms with Crippen LogP contribution in [0.1, 0.15) is 12.8 Å². The minimum Gasteiger partial charge on any atom is -0.481 e. The number of carbonyl (C=O) groups is 1. The maximum atomic E-state index is 12.6. The maximum absolute atomic E-state index is 12.6.